The zero-order valence-corrected chi connectivity index (χ0v) is 9.79. The van der Waals surface area contributed by atoms with Crippen molar-refractivity contribution in [3.63, 3.8) is 0 Å². The maximum absolute atomic E-state index is 12.7. The Balaban J connectivity index is 2.32. The first-order chi connectivity index (χ1) is 8.29. The van der Waals surface area contributed by atoms with Gasteiger partial charge in [0.15, 0.2) is 0 Å². The zero-order valence-electron chi connectivity index (χ0n) is 9.79. The molecular formula is C11H13F3N2O2. The van der Waals surface area contributed by atoms with Crippen molar-refractivity contribution in [2.75, 3.05) is 0 Å². The van der Waals surface area contributed by atoms with E-state index in [9.17, 15) is 18.0 Å². The molecule has 1 atom stereocenters. The number of aryl methyl sites for hydroxylation is 2. The van der Waals surface area contributed by atoms with Crippen LogP contribution in [0.2, 0.25) is 0 Å². The molecule has 2 heterocycles. The minimum atomic E-state index is -4.24. The first-order valence-corrected chi connectivity index (χ1v) is 5.62. The lowest BCUT2D eigenvalue weighted by molar-refractivity contribution is -0.182. The average molecular weight is 262 g/mol. The van der Waals surface area contributed by atoms with E-state index in [1.54, 1.807) is 6.92 Å². The Labute approximate surface area is 101 Å². The van der Waals surface area contributed by atoms with Crippen LogP contribution in [0.25, 0.3) is 0 Å². The third kappa shape index (κ3) is 2.34. The van der Waals surface area contributed by atoms with Crippen LogP contribution in [-0.4, -0.2) is 26.8 Å². The fraction of sp³-hybridized carbons (Fsp3) is 0.636. The third-order valence-electron chi connectivity index (χ3n) is 3.25. The number of halogens is 3. The van der Waals surface area contributed by atoms with Gasteiger partial charge in [-0.25, -0.2) is 4.98 Å². The zero-order chi connectivity index (χ0) is 13.5. The van der Waals surface area contributed by atoms with Crippen LogP contribution >= 0.6 is 0 Å². The molecule has 100 valence electrons. The summed E-state index contributed by atoms with van der Waals surface area (Å²) in [6, 6.07) is 0. The van der Waals surface area contributed by atoms with E-state index < -0.39 is 18.1 Å². The summed E-state index contributed by atoms with van der Waals surface area (Å²) in [7, 11) is 0. The molecule has 7 heteroatoms. The molecule has 1 aromatic heterocycles. The first-order valence-electron chi connectivity index (χ1n) is 5.62. The van der Waals surface area contributed by atoms with Gasteiger partial charge in [0.1, 0.15) is 5.82 Å². The number of hydrogen-bond donors (Lipinski definition) is 1. The minimum absolute atomic E-state index is 0.0203. The second-order valence-electron chi connectivity index (χ2n) is 4.52. The molecular weight excluding hydrogens is 249 g/mol. The van der Waals surface area contributed by atoms with Crippen LogP contribution in [-0.2, 0) is 24.2 Å². The van der Waals surface area contributed by atoms with Crippen LogP contribution in [0, 0.1) is 12.8 Å². The Morgan fingerprint density at radius 3 is 2.78 bits per heavy atom. The summed E-state index contributed by atoms with van der Waals surface area (Å²) < 4.78 is 39.5. The van der Waals surface area contributed by atoms with E-state index in [0.29, 0.717) is 17.2 Å². The molecule has 0 aliphatic carbocycles. The predicted molar refractivity (Wildman–Crippen MR) is 56.2 cm³/mol. The molecule has 1 aliphatic heterocycles. The molecule has 0 spiro atoms. The SMILES string of the molecule is Cc1nc2n(c1CC(=O)O)CC(C(F)(F)F)CC2. The summed E-state index contributed by atoms with van der Waals surface area (Å²) in [6.45, 7) is 1.41. The Bertz CT molecular complexity index is 479. The molecule has 1 unspecified atom stereocenters. The van der Waals surface area contributed by atoms with Gasteiger partial charge in [0, 0.05) is 13.0 Å². The summed E-state index contributed by atoms with van der Waals surface area (Å²) in [5.41, 5.74) is 0.890. The summed E-state index contributed by atoms with van der Waals surface area (Å²) in [6.07, 6.45) is -4.27. The normalized spacial score (nSPS) is 19.7. The summed E-state index contributed by atoms with van der Waals surface area (Å²) >= 11 is 0. The van der Waals surface area contributed by atoms with Gasteiger partial charge in [-0.2, -0.15) is 13.2 Å². The van der Waals surface area contributed by atoms with Crippen LogP contribution in [0.15, 0.2) is 0 Å². The molecule has 0 saturated carbocycles. The van der Waals surface area contributed by atoms with E-state index in [1.165, 1.54) is 4.57 Å². The second-order valence-corrected chi connectivity index (χ2v) is 4.52. The van der Waals surface area contributed by atoms with Crippen molar-refractivity contribution in [3.05, 3.63) is 17.2 Å². The van der Waals surface area contributed by atoms with Gasteiger partial charge < -0.3 is 9.67 Å². The van der Waals surface area contributed by atoms with Crippen LogP contribution < -0.4 is 0 Å². The Kier molecular flexibility index (Phi) is 3.08. The third-order valence-corrected chi connectivity index (χ3v) is 3.25. The number of fused-ring (bicyclic) bond motifs is 1. The van der Waals surface area contributed by atoms with Gasteiger partial charge in [-0.3, -0.25) is 4.79 Å². The maximum Gasteiger partial charge on any atom is 0.393 e. The average Bonchev–Trinajstić information content (AvgIpc) is 2.53. The predicted octanol–water partition coefficient (Wildman–Crippen LogP) is 1.94. The van der Waals surface area contributed by atoms with E-state index in [0.717, 1.165) is 0 Å². The number of aliphatic carboxylic acids is 1. The number of nitrogens with zero attached hydrogens (tertiary/aromatic N) is 2. The van der Waals surface area contributed by atoms with Gasteiger partial charge in [0.2, 0.25) is 0 Å². The van der Waals surface area contributed by atoms with Gasteiger partial charge in [-0.15, -0.1) is 0 Å². The fourth-order valence-electron chi connectivity index (χ4n) is 2.32. The standard InChI is InChI=1S/C11H13F3N2O2/c1-6-8(4-10(17)18)16-5-7(11(12,13)14)2-3-9(16)15-6/h7H,2-5H2,1H3,(H,17,18). The Hall–Kier alpha value is -1.53. The number of rotatable bonds is 2. The van der Waals surface area contributed by atoms with Gasteiger partial charge in [0.05, 0.1) is 23.7 Å². The van der Waals surface area contributed by atoms with Crippen molar-refractivity contribution >= 4 is 5.97 Å². The molecule has 0 fully saturated rings. The van der Waals surface area contributed by atoms with Gasteiger partial charge in [0.25, 0.3) is 0 Å². The highest BCUT2D eigenvalue weighted by Crippen LogP contribution is 2.35. The molecule has 4 nitrogen and oxygen atoms in total. The monoisotopic (exact) mass is 262 g/mol. The van der Waals surface area contributed by atoms with Crippen LogP contribution in [0.3, 0.4) is 0 Å². The Morgan fingerprint density at radius 2 is 2.22 bits per heavy atom. The smallest absolute Gasteiger partial charge is 0.393 e. The van der Waals surface area contributed by atoms with Gasteiger partial charge in [-0.05, 0) is 13.3 Å². The van der Waals surface area contributed by atoms with Crippen molar-refractivity contribution in [2.45, 2.75) is 38.9 Å². The van der Waals surface area contributed by atoms with Crippen molar-refractivity contribution < 1.29 is 23.1 Å². The highest BCUT2D eigenvalue weighted by atomic mass is 19.4. The van der Waals surface area contributed by atoms with E-state index in [2.05, 4.69) is 4.98 Å². The summed E-state index contributed by atoms with van der Waals surface area (Å²) in [5.74, 6) is -1.91. The van der Waals surface area contributed by atoms with Crippen LogP contribution in [0.5, 0.6) is 0 Å². The summed E-state index contributed by atoms with van der Waals surface area (Å²) in [4.78, 5) is 14.9. The molecule has 0 radical (unpaired) electrons. The number of alkyl halides is 3. The van der Waals surface area contributed by atoms with Crippen molar-refractivity contribution in [1.29, 1.82) is 0 Å². The molecule has 0 saturated heterocycles. The van der Waals surface area contributed by atoms with Crippen molar-refractivity contribution in [1.82, 2.24) is 9.55 Å². The number of carboxylic acid groups (broad SMARTS) is 1. The molecule has 18 heavy (non-hydrogen) atoms. The van der Waals surface area contributed by atoms with Crippen molar-refractivity contribution in [3.8, 4) is 0 Å². The van der Waals surface area contributed by atoms with Gasteiger partial charge in [-0.1, -0.05) is 0 Å². The molecule has 0 amide bonds. The van der Waals surface area contributed by atoms with Gasteiger partial charge >= 0.3 is 12.1 Å². The number of carbonyl (C=O) groups is 1. The van der Waals surface area contributed by atoms with E-state index in [1.807, 2.05) is 0 Å². The lowest BCUT2D eigenvalue weighted by Crippen LogP contribution is -2.33. The second kappa shape index (κ2) is 4.29. The molecule has 2 rings (SSSR count). The molecule has 0 bridgehead atoms. The van der Waals surface area contributed by atoms with E-state index >= 15 is 0 Å². The molecule has 0 aromatic carbocycles. The number of aromatic nitrogens is 2. The molecule has 1 N–H and O–H groups in total. The minimum Gasteiger partial charge on any atom is -0.481 e. The first kappa shape index (κ1) is 12.9. The quantitative estimate of drug-likeness (QED) is 0.886. The molecule has 1 aliphatic rings. The van der Waals surface area contributed by atoms with Crippen molar-refractivity contribution in [2.24, 2.45) is 5.92 Å². The summed E-state index contributed by atoms with van der Waals surface area (Å²) in [5, 5.41) is 8.77. The number of imidazole rings is 1. The lowest BCUT2D eigenvalue weighted by atomic mass is 9.98. The van der Waals surface area contributed by atoms with Crippen LogP contribution in [0.4, 0.5) is 13.2 Å². The highest BCUT2D eigenvalue weighted by Gasteiger charge is 2.42. The number of hydrogen-bond acceptors (Lipinski definition) is 2. The molecule has 1 aromatic rings. The van der Waals surface area contributed by atoms with E-state index in [4.69, 9.17) is 5.11 Å². The maximum atomic E-state index is 12.7. The Morgan fingerprint density at radius 1 is 1.56 bits per heavy atom. The van der Waals surface area contributed by atoms with E-state index in [-0.39, 0.29) is 25.8 Å². The topological polar surface area (TPSA) is 55.1 Å². The lowest BCUT2D eigenvalue weighted by Gasteiger charge is -2.26. The fourth-order valence-corrected chi connectivity index (χ4v) is 2.32. The van der Waals surface area contributed by atoms with Crippen LogP contribution in [0.1, 0.15) is 23.6 Å². The highest BCUT2D eigenvalue weighted by molar-refractivity contribution is 5.70. The largest absolute Gasteiger partial charge is 0.481 e. The number of carboxylic acids is 1.